The van der Waals surface area contributed by atoms with Gasteiger partial charge in [0, 0.05) is 11.3 Å². The molecule has 0 radical (unpaired) electrons. The van der Waals surface area contributed by atoms with E-state index in [1.165, 1.54) is 17.8 Å². The number of azo groups is 1. The third-order valence-electron chi connectivity index (χ3n) is 4.68. The lowest BCUT2D eigenvalue weighted by atomic mass is 10.1. The molecule has 7 nitrogen and oxygen atoms in total. The zero-order chi connectivity index (χ0) is 22.2. The summed E-state index contributed by atoms with van der Waals surface area (Å²) in [7, 11) is 0. The van der Waals surface area contributed by atoms with Gasteiger partial charge in [-0.05, 0) is 74.4 Å². The van der Waals surface area contributed by atoms with E-state index in [0.29, 0.717) is 11.3 Å². The Bertz CT molecular complexity index is 1120. The minimum atomic E-state index is -0.304. The zero-order valence-electron chi connectivity index (χ0n) is 17.8. The molecule has 0 saturated carbocycles. The van der Waals surface area contributed by atoms with Gasteiger partial charge in [0.05, 0.1) is 24.1 Å². The van der Waals surface area contributed by atoms with Gasteiger partial charge in [-0.1, -0.05) is 23.8 Å². The average molecular weight is 415 g/mol. The number of nitrogens with zero attached hydrogens (tertiary/aromatic N) is 3. The first-order valence-electron chi connectivity index (χ1n) is 9.85. The molecule has 0 aliphatic carbocycles. The molecule has 1 amide bonds. The van der Waals surface area contributed by atoms with Crippen LogP contribution >= 0.6 is 0 Å². The number of hydrazone groups is 1. The number of phenolic OH excluding ortho intramolecular Hbond substituents is 1. The molecule has 0 spiro atoms. The van der Waals surface area contributed by atoms with Crippen LogP contribution in [0.5, 0.6) is 5.75 Å². The van der Waals surface area contributed by atoms with Crippen LogP contribution in [0.15, 0.2) is 76.0 Å². The third-order valence-corrected chi connectivity index (χ3v) is 4.68. The molecule has 3 N–H and O–H groups in total. The fourth-order valence-corrected chi connectivity index (χ4v) is 2.68. The summed E-state index contributed by atoms with van der Waals surface area (Å²) >= 11 is 0. The SMILES string of the molecule is Cc1ccc(NCC(=O)N/N=C/c2cc(N=Nc3ccc(C)c(C)c3)ccc2O)cc1. The number of hydrogen-bond donors (Lipinski definition) is 3. The van der Waals surface area contributed by atoms with E-state index in [4.69, 9.17) is 0 Å². The van der Waals surface area contributed by atoms with Crippen LogP contribution < -0.4 is 10.7 Å². The Morgan fingerprint density at radius 3 is 2.29 bits per heavy atom. The summed E-state index contributed by atoms with van der Waals surface area (Å²) in [4.78, 5) is 12.0. The van der Waals surface area contributed by atoms with E-state index in [9.17, 15) is 9.90 Å². The van der Waals surface area contributed by atoms with Crippen molar-refractivity contribution in [1.82, 2.24) is 5.43 Å². The number of hydrogen-bond acceptors (Lipinski definition) is 6. The minimum Gasteiger partial charge on any atom is -0.507 e. The predicted molar refractivity (Wildman–Crippen MR) is 124 cm³/mol. The van der Waals surface area contributed by atoms with Crippen molar-refractivity contribution in [3.8, 4) is 5.75 Å². The van der Waals surface area contributed by atoms with Crippen LogP contribution in [-0.2, 0) is 4.79 Å². The van der Waals surface area contributed by atoms with E-state index in [1.807, 2.05) is 63.2 Å². The van der Waals surface area contributed by atoms with Gasteiger partial charge in [0.15, 0.2) is 0 Å². The van der Waals surface area contributed by atoms with E-state index < -0.39 is 0 Å². The van der Waals surface area contributed by atoms with Gasteiger partial charge in [-0.3, -0.25) is 4.79 Å². The molecule has 0 bridgehead atoms. The number of phenols is 1. The molecule has 0 fully saturated rings. The third kappa shape index (κ3) is 6.50. The highest BCUT2D eigenvalue weighted by atomic mass is 16.3. The van der Waals surface area contributed by atoms with Crippen molar-refractivity contribution in [2.75, 3.05) is 11.9 Å². The van der Waals surface area contributed by atoms with Gasteiger partial charge in [-0.2, -0.15) is 15.3 Å². The number of benzene rings is 3. The Labute approximate surface area is 181 Å². The number of carbonyl (C=O) groups is 1. The van der Waals surface area contributed by atoms with Crippen molar-refractivity contribution in [2.24, 2.45) is 15.3 Å². The van der Waals surface area contributed by atoms with Crippen molar-refractivity contribution < 1.29 is 9.90 Å². The second-order valence-electron chi connectivity index (χ2n) is 7.22. The van der Waals surface area contributed by atoms with Crippen molar-refractivity contribution in [1.29, 1.82) is 0 Å². The van der Waals surface area contributed by atoms with Crippen molar-refractivity contribution in [2.45, 2.75) is 20.8 Å². The van der Waals surface area contributed by atoms with Crippen LogP contribution in [0.1, 0.15) is 22.3 Å². The molecule has 0 aromatic heterocycles. The van der Waals surface area contributed by atoms with Crippen LogP contribution in [0.4, 0.5) is 17.1 Å². The molecule has 3 aromatic carbocycles. The standard InChI is InChI=1S/C24H25N5O2/c1-16-4-7-20(8-5-16)25-15-24(31)29-26-14-19-13-22(10-11-23(19)30)28-27-21-9-6-17(2)18(3)12-21/h4-14,25,30H,15H2,1-3H3,(H,29,31)/b26-14+,28-27?. The van der Waals surface area contributed by atoms with Gasteiger partial charge < -0.3 is 10.4 Å². The first-order valence-corrected chi connectivity index (χ1v) is 9.85. The maximum Gasteiger partial charge on any atom is 0.259 e. The molecule has 3 aromatic rings. The summed E-state index contributed by atoms with van der Waals surface area (Å²) in [5.41, 5.74) is 8.49. The average Bonchev–Trinajstić information content (AvgIpc) is 2.76. The smallest absolute Gasteiger partial charge is 0.259 e. The van der Waals surface area contributed by atoms with E-state index in [0.717, 1.165) is 22.5 Å². The lowest BCUT2D eigenvalue weighted by Crippen LogP contribution is -2.25. The highest BCUT2D eigenvalue weighted by molar-refractivity contribution is 5.87. The fourth-order valence-electron chi connectivity index (χ4n) is 2.68. The van der Waals surface area contributed by atoms with E-state index in [1.54, 1.807) is 12.1 Å². The van der Waals surface area contributed by atoms with E-state index in [-0.39, 0.29) is 18.2 Å². The summed E-state index contributed by atoms with van der Waals surface area (Å²) in [6.45, 7) is 6.14. The lowest BCUT2D eigenvalue weighted by molar-refractivity contribution is -0.119. The Hall–Kier alpha value is -4.00. The molecule has 0 atom stereocenters. The number of carbonyl (C=O) groups excluding carboxylic acids is 1. The van der Waals surface area contributed by atoms with Gasteiger partial charge in [-0.15, -0.1) is 0 Å². The Kier molecular flexibility index (Phi) is 7.11. The maximum absolute atomic E-state index is 12.0. The molecule has 7 heteroatoms. The van der Waals surface area contributed by atoms with Crippen molar-refractivity contribution >= 4 is 29.2 Å². The van der Waals surface area contributed by atoms with E-state index in [2.05, 4.69) is 26.1 Å². The molecule has 0 heterocycles. The molecule has 31 heavy (non-hydrogen) atoms. The normalized spacial score (nSPS) is 11.2. The van der Waals surface area contributed by atoms with Gasteiger partial charge >= 0.3 is 0 Å². The van der Waals surface area contributed by atoms with Crippen LogP contribution in [0.2, 0.25) is 0 Å². The summed E-state index contributed by atoms with van der Waals surface area (Å²) < 4.78 is 0. The Balaban J connectivity index is 1.58. The summed E-state index contributed by atoms with van der Waals surface area (Å²) in [5.74, 6) is -0.275. The highest BCUT2D eigenvalue weighted by Gasteiger charge is 2.03. The van der Waals surface area contributed by atoms with Crippen molar-refractivity contribution in [3.05, 3.63) is 82.9 Å². The first-order chi connectivity index (χ1) is 14.9. The number of rotatable bonds is 7. The second-order valence-corrected chi connectivity index (χ2v) is 7.22. The van der Waals surface area contributed by atoms with Crippen molar-refractivity contribution in [3.63, 3.8) is 0 Å². The minimum absolute atomic E-state index is 0.0286. The summed E-state index contributed by atoms with van der Waals surface area (Å²) in [6, 6.07) is 18.4. The molecule has 0 saturated heterocycles. The quantitative estimate of drug-likeness (QED) is 0.278. The Morgan fingerprint density at radius 1 is 0.903 bits per heavy atom. The van der Waals surface area contributed by atoms with E-state index >= 15 is 0 Å². The molecule has 3 rings (SSSR count). The lowest BCUT2D eigenvalue weighted by Gasteiger charge is -2.05. The molecule has 158 valence electrons. The van der Waals surface area contributed by atoms with Crippen LogP contribution in [0, 0.1) is 20.8 Å². The van der Waals surface area contributed by atoms with Gasteiger partial charge in [0.1, 0.15) is 5.75 Å². The largest absolute Gasteiger partial charge is 0.507 e. The summed E-state index contributed by atoms with van der Waals surface area (Å²) in [6.07, 6.45) is 1.37. The molecular weight excluding hydrogens is 390 g/mol. The topological polar surface area (TPSA) is 98.4 Å². The second kappa shape index (κ2) is 10.2. The fraction of sp³-hybridized carbons (Fsp3) is 0.167. The zero-order valence-corrected chi connectivity index (χ0v) is 17.8. The first kappa shape index (κ1) is 21.7. The van der Waals surface area contributed by atoms with Gasteiger partial charge in [0.25, 0.3) is 5.91 Å². The van der Waals surface area contributed by atoms with Gasteiger partial charge in [0.2, 0.25) is 0 Å². The highest BCUT2D eigenvalue weighted by Crippen LogP contribution is 2.25. The maximum atomic E-state index is 12.0. The number of nitrogens with one attached hydrogen (secondary N) is 2. The number of aryl methyl sites for hydroxylation is 3. The van der Waals surface area contributed by atoms with Crippen LogP contribution in [0.3, 0.4) is 0 Å². The summed E-state index contributed by atoms with van der Waals surface area (Å²) in [5, 5.41) is 25.4. The Morgan fingerprint density at radius 2 is 1.58 bits per heavy atom. The predicted octanol–water partition coefficient (Wildman–Crippen LogP) is 5.30. The number of anilines is 1. The number of amides is 1. The monoisotopic (exact) mass is 415 g/mol. The van der Waals surface area contributed by atoms with Crippen LogP contribution in [0.25, 0.3) is 0 Å². The molecule has 0 aliphatic rings. The van der Waals surface area contributed by atoms with Gasteiger partial charge in [-0.25, -0.2) is 5.43 Å². The molecule has 0 unspecified atom stereocenters. The molecular formula is C24H25N5O2. The number of aromatic hydroxyl groups is 1. The molecule has 0 aliphatic heterocycles. The van der Waals surface area contributed by atoms with Crippen LogP contribution in [-0.4, -0.2) is 23.8 Å².